The number of furan rings is 1. The Bertz CT molecular complexity index is 1430. The molecule has 0 bridgehead atoms. The number of rotatable bonds is 4. The van der Waals surface area contributed by atoms with E-state index >= 15 is 0 Å². The first kappa shape index (κ1) is 18.5. The van der Waals surface area contributed by atoms with Crippen molar-refractivity contribution >= 4 is 17.0 Å². The van der Waals surface area contributed by atoms with E-state index in [0.717, 1.165) is 16.7 Å². The molecule has 0 unspecified atom stereocenters. The molecule has 0 aliphatic carbocycles. The second-order valence-corrected chi connectivity index (χ2v) is 6.86. The smallest absolute Gasteiger partial charge is 0.270 e. The van der Waals surface area contributed by atoms with Crippen LogP contribution in [0.25, 0.3) is 33.6 Å². The summed E-state index contributed by atoms with van der Waals surface area (Å²) in [5.74, 6) is 0.260. The molecular formula is C24H17N5O2. The maximum absolute atomic E-state index is 12.6. The fourth-order valence-corrected chi connectivity index (χ4v) is 3.45. The van der Waals surface area contributed by atoms with Crippen LogP contribution >= 0.6 is 0 Å². The molecule has 150 valence electrons. The maximum atomic E-state index is 12.6. The molecule has 3 aromatic heterocycles. The molecule has 0 atom stereocenters. The molecule has 31 heavy (non-hydrogen) atoms. The van der Waals surface area contributed by atoms with E-state index in [1.54, 1.807) is 24.5 Å². The van der Waals surface area contributed by atoms with Gasteiger partial charge in [-0.25, -0.2) is 9.66 Å². The van der Waals surface area contributed by atoms with Crippen LogP contribution in [-0.4, -0.2) is 20.6 Å². The van der Waals surface area contributed by atoms with Crippen molar-refractivity contribution in [2.24, 2.45) is 0 Å². The zero-order valence-electron chi connectivity index (χ0n) is 16.3. The van der Waals surface area contributed by atoms with Gasteiger partial charge in [-0.05, 0) is 17.7 Å². The Morgan fingerprint density at radius 3 is 2.23 bits per heavy atom. The number of aromatic nitrogens is 3. The minimum Gasteiger partial charge on any atom is -0.437 e. The lowest BCUT2D eigenvalue weighted by Crippen LogP contribution is -2.33. The minimum atomic E-state index is -0.366. The van der Waals surface area contributed by atoms with E-state index in [-0.39, 0.29) is 11.4 Å². The minimum absolute atomic E-state index is 0.0668. The highest BCUT2D eigenvalue weighted by atomic mass is 16.3. The van der Waals surface area contributed by atoms with Gasteiger partial charge in [-0.3, -0.25) is 20.6 Å². The molecular weight excluding hydrogens is 390 g/mol. The number of amides is 1. The summed E-state index contributed by atoms with van der Waals surface area (Å²) in [6.45, 7) is 0. The number of fused-ring (bicyclic) bond motifs is 1. The summed E-state index contributed by atoms with van der Waals surface area (Å²) >= 11 is 0. The van der Waals surface area contributed by atoms with Crippen molar-refractivity contribution in [2.75, 3.05) is 5.43 Å². The zero-order chi connectivity index (χ0) is 21.2. The van der Waals surface area contributed by atoms with Crippen molar-refractivity contribution in [3.8, 4) is 22.5 Å². The van der Waals surface area contributed by atoms with Crippen molar-refractivity contribution < 1.29 is 9.21 Å². The van der Waals surface area contributed by atoms with Crippen LogP contribution < -0.4 is 10.9 Å². The fraction of sp³-hybridized carbons (Fsp3) is 0. The normalized spacial score (nSPS) is 10.8. The molecule has 7 nitrogen and oxygen atoms in total. The average molecular weight is 407 g/mol. The number of nitrogens with one attached hydrogen (secondary N) is 2. The third-order valence-corrected chi connectivity index (χ3v) is 4.92. The first-order valence-corrected chi connectivity index (χ1v) is 9.63. The SMILES string of the molecule is N=c1c2c(-c3ccccc3)c(-c3ccccc3)oc2ncn1NC(=O)c1ccncc1. The predicted molar refractivity (Wildman–Crippen MR) is 117 cm³/mol. The van der Waals surface area contributed by atoms with Gasteiger partial charge in [0.25, 0.3) is 5.91 Å². The second-order valence-electron chi connectivity index (χ2n) is 6.86. The molecule has 5 rings (SSSR count). The first-order chi connectivity index (χ1) is 15.2. The third kappa shape index (κ3) is 3.38. The summed E-state index contributed by atoms with van der Waals surface area (Å²) in [7, 11) is 0. The number of hydrogen-bond donors (Lipinski definition) is 2. The number of carbonyl (C=O) groups excluding carboxylic acids is 1. The molecule has 5 aromatic rings. The topological polar surface area (TPSA) is 96.8 Å². The average Bonchev–Trinajstić information content (AvgIpc) is 3.23. The summed E-state index contributed by atoms with van der Waals surface area (Å²) < 4.78 is 7.39. The van der Waals surface area contributed by atoms with Gasteiger partial charge in [0.15, 0.2) is 5.49 Å². The van der Waals surface area contributed by atoms with Gasteiger partial charge in [-0.1, -0.05) is 60.7 Å². The van der Waals surface area contributed by atoms with E-state index in [0.29, 0.717) is 22.4 Å². The molecule has 0 saturated carbocycles. The molecule has 2 N–H and O–H groups in total. The molecule has 0 fully saturated rings. The second kappa shape index (κ2) is 7.72. The van der Waals surface area contributed by atoms with E-state index in [1.165, 1.54) is 11.0 Å². The molecule has 0 radical (unpaired) electrons. The van der Waals surface area contributed by atoms with Crippen molar-refractivity contribution in [1.29, 1.82) is 5.41 Å². The molecule has 0 aliphatic heterocycles. The largest absolute Gasteiger partial charge is 0.437 e. The van der Waals surface area contributed by atoms with Gasteiger partial charge < -0.3 is 4.42 Å². The summed E-state index contributed by atoms with van der Waals surface area (Å²) in [4.78, 5) is 20.9. The summed E-state index contributed by atoms with van der Waals surface area (Å²) in [6, 6.07) is 22.6. The molecule has 0 aliphatic rings. The van der Waals surface area contributed by atoms with Gasteiger partial charge in [-0.15, -0.1) is 0 Å². The fourth-order valence-electron chi connectivity index (χ4n) is 3.45. The van der Waals surface area contributed by atoms with Gasteiger partial charge in [0.1, 0.15) is 12.1 Å². The van der Waals surface area contributed by atoms with Gasteiger partial charge in [0, 0.05) is 29.1 Å². The highest BCUT2D eigenvalue weighted by molar-refractivity contribution is 6.01. The van der Waals surface area contributed by atoms with Crippen molar-refractivity contribution in [3.05, 3.63) is 103 Å². The molecule has 2 aromatic carbocycles. The van der Waals surface area contributed by atoms with E-state index in [2.05, 4.69) is 15.4 Å². The van der Waals surface area contributed by atoms with Gasteiger partial charge in [0.05, 0.1) is 5.39 Å². The van der Waals surface area contributed by atoms with Crippen LogP contribution in [0.15, 0.2) is 95.9 Å². The van der Waals surface area contributed by atoms with Crippen LogP contribution in [0.1, 0.15) is 10.4 Å². The summed E-state index contributed by atoms with van der Waals surface area (Å²) in [5, 5.41) is 9.31. The Morgan fingerprint density at radius 2 is 1.55 bits per heavy atom. The number of hydrogen-bond acceptors (Lipinski definition) is 5. The molecule has 7 heteroatoms. The highest BCUT2D eigenvalue weighted by Gasteiger charge is 2.21. The lowest BCUT2D eigenvalue weighted by atomic mass is 10.00. The van der Waals surface area contributed by atoms with Gasteiger partial charge in [-0.2, -0.15) is 0 Å². The van der Waals surface area contributed by atoms with E-state index in [1.807, 2.05) is 60.7 Å². The Labute approximate surface area is 177 Å². The van der Waals surface area contributed by atoms with Crippen LogP contribution in [0.4, 0.5) is 0 Å². The molecule has 3 heterocycles. The summed E-state index contributed by atoms with van der Waals surface area (Å²) in [6.07, 6.45) is 4.45. The van der Waals surface area contributed by atoms with Crippen LogP contribution in [0, 0.1) is 5.41 Å². The Hall–Kier alpha value is -4.52. The standard InChI is InChI=1S/C24H17N5O2/c25-22-20-19(16-7-3-1-4-8-16)21(17-9-5-2-6-10-17)31-24(20)27-15-29(22)28-23(30)18-11-13-26-14-12-18/h1-15,25H,(H,28,30). The lowest BCUT2D eigenvalue weighted by molar-refractivity contribution is 0.101. The van der Waals surface area contributed by atoms with E-state index in [9.17, 15) is 4.79 Å². The molecule has 0 spiro atoms. The van der Waals surface area contributed by atoms with E-state index < -0.39 is 0 Å². The Kier molecular flexibility index (Phi) is 4.61. The summed E-state index contributed by atoms with van der Waals surface area (Å²) in [5.41, 5.74) is 6.07. The van der Waals surface area contributed by atoms with Crippen LogP contribution in [0.2, 0.25) is 0 Å². The molecule has 1 amide bonds. The predicted octanol–water partition coefficient (Wildman–Crippen LogP) is 4.22. The van der Waals surface area contributed by atoms with E-state index in [4.69, 9.17) is 9.83 Å². The Morgan fingerprint density at radius 1 is 0.903 bits per heavy atom. The quantitative estimate of drug-likeness (QED) is 0.466. The van der Waals surface area contributed by atoms with Gasteiger partial charge >= 0.3 is 0 Å². The van der Waals surface area contributed by atoms with Crippen molar-refractivity contribution in [2.45, 2.75) is 0 Å². The monoisotopic (exact) mass is 407 g/mol. The zero-order valence-corrected chi connectivity index (χ0v) is 16.3. The van der Waals surface area contributed by atoms with Crippen LogP contribution in [0.3, 0.4) is 0 Å². The van der Waals surface area contributed by atoms with Gasteiger partial charge in [0.2, 0.25) is 5.71 Å². The van der Waals surface area contributed by atoms with Crippen molar-refractivity contribution in [3.63, 3.8) is 0 Å². The lowest BCUT2D eigenvalue weighted by Gasteiger charge is -2.09. The maximum Gasteiger partial charge on any atom is 0.270 e. The number of pyridine rings is 1. The number of benzene rings is 2. The number of nitrogens with zero attached hydrogens (tertiary/aromatic N) is 3. The highest BCUT2D eigenvalue weighted by Crippen LogP contribution is 2.38. The Balaban J connectivity index is 1.70. The third-order valence-electron chi connectivity index (χ3n) is 4.92. The van der Waals surface area contributed by atoms with Crippen LogP contribution in [-0.2, 0) is 0 Å². The van der Waals surface area contributed by atoms with Crippen LogP contribution in [0.5, 0.6) is 0 Å². The van der Waals surface area contributed by atoms with Crippen molar-refractivity contribution in [1.82, 2.24) is 14.6 Å². The number of carbonyl (C=O) groups is 1. The molecule has 0 saturated heterocycles. The first-order valence-electron chi connectivity index (χ1n) is 9.63.